The molecule has 0 saturated carbocycles. The Morgan fingerprint density at radius 3 is 2.38 bits per heavy atom. The lowest BCUT2D eigenvalue weighted by Crippen LogP contribution is -2.46. The monoisotopic (exact) mass is 544 g/mol. The van der Waals surface area contributed by atoms with Crippen LogP contribution in [0.25, 0.3) is 0 Å². The van der Waals surface area contributed by atoms with Crippen molar-refractivity contribution in [3.05, 3.63) is 111 Å². The van der Waals surface area contributed by atoms with Gasteiger partial charge in [0, 0.05) is 36.5 Å². The number of non-ortho nitro benzene ring substituents is 1. The average Bonchev–Trinajstić information content (AvgIpc) is 2.95. The molecule has 1 aliphatic rings. The Bertz CT molecular complexity index is 1450. The number of carbonyl (C=O) groups excluding carboxylic acids is 2. The number of rotatable bonds is 10. The first kappa shape index (κ1) is 27.8. The van der Waals surface area contributed by atoms with Gasteiger partial charge in [-0.25, -0.2) is 9.59 Å². The van der Waals surface area contributed by atoms with E-state index in [0.717, 1.165) is 0 Å². The minimum atomic E-state index is -1.27. The van der Waals surface area contributed by atoms with E-state index < -0.39 is 23.0 Å². The highest BCUT2D eigenvalue weighted by Crippen LogP contribution is 2.31. The van der Waals surface area contributed by atoms with E-state index in [4.69, 9.17) is 4.74 Å². The van der Waals surface area contributed by atoms with E-state index in [0.29, 0.717) is 23.5 Å². The maximum atomic E-state index is 13.1. The summed E-state index contributed by atoms with van der Waals surface area (Å²) >= 11 is 0. The number of ether oxygens (including phenoxy) is 1. The van der Waals surface area contributed by atoms with Crippen molar-refractivity contribution < 1.29 is 29.2 Å². The van der Waals surface area contributed by atoms with Gasteiger partial charge in [0.25, 0.3) is 11.6 Å². The van der Waals surface area contributed by atoms with Gasteiger partial charge < -0.3 is 25.4 Å². The summed E-state index contributed by atoms with van der Waals surface area (Å²) in [5, 5.41) is 26.3. The molecule has 1 aliphatic heterocycles. The Morgan fingerprint density at radius 1 is 1.05 bits per heavy atom. The Kier molecular flexibility index (Phi) is 8.43. The smallest absolute Gasteiger partial charge is 0.335 e. The van der Waals surface area contributed by atoms with Gasteiger partial charge in [-0.15, -0.1) is 0 Å². The van der Waals surface area contributed by atoms with Gasteiger partial charge in [0.05, 0.1) is 16.5 Å². The lowest BCUT2D eigenvalue weighted by atomic mass is 9.93. The van der Waals surface area contributed by atoms with Gasteiger partial charge in [-0.2, -0.15) is 0 Å². The third kappa shape index (κ3) is 6.44. The summed E-state index contributed by atoms with van der Waals surface area (Å²) in [6, 6.07) is 19.5. The number of carboxylic acids is 1. The molecule has 0 saturated heterocycles. The Hall–Kier alpha value is -5.19. The second kappa shape index (κ2) is 12.1. The summed E-state index contributed by atoms with van der Waals surface area (Å²) in [6.07, 6.45) is 0.509. The van der Waals surface area contributed by atoms with Crippen LogP contribution in [0.2, 0.25) is 0 Å². The van der Waals surface area contributed by atoms with E-state index in [1.807, 2.05) is 37.3 Å². The molecule has 1 heterocycles. The van der Waals surface area contributed by atoms with Crippen LogP contribution in [0.5, 0.6) is 11.5 Å². The fraction of sp³-hybridized carbons (Fsp3) is 0.207. The molecule has 0 radical (unpaired) electrons. The maximum absolute atomic E-state index is 13.1. The van der Waals surface area contributed by atoms with E-state index in [1.165, 1.54) is 24.3 Å². The molecular formula is C29H28N4O7. The Labute approximate surface area is 230 Å². The maximum Gasteiger partial charge on any atom is 0.335 e. The van der Waals surface area contributed by atoms with Gasteiger partial charge >= 0.3 is 12.0 Å². The molecule has 3 N–H and O–H groups in total. The van der Waals surface area contributed by atoms with Crippen LogP contribution in [0, 0.1) is 10.1 Å². The number of hydrogen-bond donors (Lipinski definition) is 3. The fourth-order valence-electron chi connectivity index (χ4n) is 4.38. The summed E-state index contributed by atoms with van der Waals surface area (Å²) in [5.74, 6) is -0.226. The summed E-state index contributed by atoms with van der Waals surface area (Å²) in [6.45, 7) is 1.83. The standard InChI is InChI=1S/C29H28N4O7/c1-18(32(2)27(34)19-12-14-23(15-13-19)40-22-9-4-3-5-10-22)11-16-24-25(28(35)36)26(31-29(37)30-24)20-7-6-8-21(17-20)33(38)39/h3-10,12-15,17-18,26H,11,16H2,1-2H3,(H,35,36)(H2,30,31,37). The summed E-state index contributed by atoms with van der Waals surface area (Å²) in [5.41, 5.74) is 0.586. The van der Waals surface area contributed by atoms with E-state index in [2.05, 4.69) is 10.6 Å². The van der Waals surface area contributed by atoms with Crippen molar-refractivity contribution in [1.82, 2.24) is 15.5 Å². The molecule has 2 unspecified atom stereocenters. The van der Waals surface area contributed by atoms with Crippen molar-refractivity contribution >= 4 is 23.6 Å². The Balaban J connectivity index is 1.46. The average molecular weight is 545 g/mol. The van der Waals surface area contributed by atoms with Crippen LogP contribution in [0.1, 0.15) is 41.7 Å². The van der Waals surface area contributed by atoms with Crippen LogP contribution < -0.4 is 15.4 Å². The summed E-state index contributed by atoms with van der Waals surface area (Å²) in [4.78, 5) is 49.9. The number of nitrogens with zero attached hydrogens (tertiary/aromatic N) is 2. The highest BCUT2D eigenvalue weighted by Gasteiger charge is 2.33. The van der Waals surface area contributed by atoms with Crippen molar-refractivity contribution in [2.24, 2.45) is 0 Å². The number of para-hydroxylation sites is 1. The molecule has 3 aromatic carbocycles. The van der Waals surface area contributed by atoms with E-state index in [-0.39, 0.29) is 40.9 Å². The molecule has 3 amide bonds. The molecule has 0 spiro atoms. The van der Waals surface area contributed by atoms with Crippen LogP contribution in [0.3, 0.4) is 0 Å². The van der Waals surface area contributed by atoms with Crippen LogP contribution in [0.15, 0.2) is 90.1 Å². The first-order valence-corrected chi connectivity index (χ1v) is 12.5. The van der Waals surface area contributed by atoms with Gasteiger partial charge in [-0.1, -0.05) is 30.3 Å². The zero-order chi connectivity index (χ0) is 28.8. The zero-order valence-electron chi connectivity index (χ0n) is 21.9. The highest BCUT2D eigenvalue weighted by molar-refractivity contribution is 5.95. The van der Waals surface area contributed by atoms with E-state index in [1.54, 1.807) is 36.2 Å². The largest absolute Gasteiger partial charge is 0.478 e. The minimum Gasteiger partial charge on any atom is -0.478 e. The van der Waals surface area contributed by atoms with Crippen molar-refractivity contribution in [2.45, 2.75) is 31.8 Å². The number of carbonyl (C=O) groups is 3. The number of nitro benzene ring substituents is 1. The number of carboxylic acid groups (broad SMARTS) is 1. The van der Waals surface area contributed by atoms with Gasteiger partial charge in [-0.05, 0) is 61.7 Å². The zero-order valence-corrected chi connectivity index (χ0v) is 21.9. The summed E-state index contributed by atoms with van der Waals surface area (Å²) in [7, 11) is 1.65. The fourth-order valence-corrected chi connectivity index (χ4v) is 4.38. The van der Waals surface area contributed by atoms with E-state index in [9.17, 15) is 29.6 Å². The number of nitrogens with one attached hydrogen (secondary N) is 2. The molecule has 0 bridgehead atoms. The molecule has 11 nitrogen and oxygen atoms in total. The van der Waals surface area contributed by atoms with Gasteiger partial charge in [-0.3, -0.25) is 14.9 Å². The third-order valence-electron chi connectivity index (χ3n) is 6.67. The molecule has 4 rings (SSSR count). The number of hydrogen-bond acceptors (Lipinski definition) is 6. The Morgan fingerprint density at radius 2 is 1.73 bits per heavy atom. The molecular weight excluding hydrogens is 516 g/mol. The SMILES string of the molecule is CC(CCC1=C(C(=O)O)C(c2cccc([N+](=O)[O-])c2)NC(=O)N1)N(C)C(=O)c1ccc(Oc2ccccc2)cc1. The topological polar surface area (TPSA) is 151 Å². The first-order chi connectivity index (χ1) is 19.1. The van der Waals surface area contributed by atoms with Crippen molar-refractivity contribution in [1.29, 1.82) is 0 Å². The van der Waals surface area contributed by atoms with Gasteiger partial charge in [0.15, 0.2) is 0 Å². The minimum absolute atomic E-state index is 0.115. The van der Waals surface area contributed by atoms with Crippen molar-refractivity contribution in [2.75, 3.05) is 7.05 Å². The predicted octanol–water partition coefficient (Wildman–Crippen LogP) is 5.02. The number of urea groups is 1. The van der Waals surface area contributed by atoms with Crippen LogP contribution in [-0.4, -0.2) is 45.9 Å². The molecule has 206 valence electrons. The first-order valence-electron chi connectivity index (χ1n) is 12.5. The van der Waals surface area contributed by atoms with Gasteiger partial charge in [0.1, 0.15) is 11.5 Å². The quantitative estimate of drug-likeness (QED) is 0.239. The number of amides is 3. The van der Waals surface area contributed by atoms with Crippen molar-refractivity contribution in [3.8, 4) is 11.5 Å². The number of aliphatic carboxylic acids is 1. The lowest BCUT2D eigenvalue weighted by molar-refractivity contribution is -0.384. The molecule has 0 fully saturated rings. The number of nitro groups is 1. The molecule has 11 heteroatoms. The van der Waals surface area contributed by atoms with Crippen LogP contribution in [0.4, 0.5) is 10.5 Å². The normalized spacial score (nSPS) is 15.4. The van der Waals surface area contributed by atoms with Crippen molar-refractivity contribution in [3.63, 3.8) is 0 Å². The van der Waals surface area contributed by atoms with E-state index >= 15 is 0 Å². The number of benzene rings is 3. The second-order valence-corrected chi connectivity index (χ2v) is 9.32. The van der Waals surface area contributed by atoms with Gasteiger partial charge in [0.2, 0.25) is 0 Å². The van der Waals surface area contributed by atoms with Crippen LogP contribution >= 0.6 is 0 Å². The third-order valence-corrected chi connectivity index (χ3v) is 6.67. The molecule has 2 atom stereocenters. The molecule has 40 heavy (non-hydrogen) atoms. The number of allylic oxidation sites excluding steroid dienone is 1. The molecule has 3 aromatic rings. The lowest BCUT2D eigenvalue weighted by Gasteiger charge is -2.30. The second-order valence-electron chi connectivity index (χ2n) is 9.32. The highest BCUT2D eigenvalue weighted by atomic mass is 16.6. The van der Waals surface area contributed by atoms with Crippen LogP contribution in [-0.2, 0) is 4.79 Å². The molecule has 0 aromatic heterocycles. The summed E-state index contributed by atoms with van der Waals surface area (Å²) < 4.78 is 5.77. The predicted molar refractivity (Wildman–Crippen MR) is 146 cm³/mol. The molecule has 0 aliphatic carbocycles.